The monoisotopic (exact) mass is 453 g/mol. The van der Waals surface area contributed by atoms with Crippen molar-refractivity contribution in [2.24, 2.45) is 5.92 Å². The van der Waals surface area contributed by atoms with Crippen molar-refractivity contribution in [3.63, 3.8) is 0 Å². The number of hydrogen-bond acceptors (Lipinski definition) is 6. The SMILES string of the molecule is CN(C)CCNC(=O)c1cccc(-c2cccc(CN3CCC(CO)O3)c2OCC2CC2)c1. The third-order valence-corrected chi connectivity index (χ3v) is 6.09. The van der Waals surface area contributed by atoms with Crippen molar-refractivity contribution < 1.29 is 19.5 Å². The summed E-state index contributed by atoms with van der Waals surface area (Å²) in [5.74, 6) is 1.41. The number of amides is 1. The highest BCUT2D eigenvalue weighted by Gasteiger charge is 2.26. The summed E-state index contributed by atoms with van der Waals surface area (Å²) >= 11 is 0. The van der Waals surface area contributed by atoms with E-state index in [1.807, 2.05) is 54.4 Å². The highest BCUT2D eigenvalue weighted by Crippen LogP contribution is 2.37. The van der Waals surface area contributed by atoms with Gasteiger partial charge in [-0.2, -0.15) is 5.06 Å². The van der Waals surface area contributed by atoms with Crippen LogP contribution in [0.25, 0.3) is 11.1 Å². The lowest BCUT2D eigenvalue weighted by Crippen LogP contribution is -2.31. The molecule has 2 aromatic rings. The Kier molecular flexibility index (Phi) is 7.98. The maximum Gasteiger partial charge on any atom is 0.251 e. The molecule has 1 aliphatic heterocycles. The third kappa shape index (κ3) is 6.54. The van der Waals surface area contributed by atoms with Crippen LogP contribution in [0.5, 0.6) is 5.75 Å². The Bertz CT molecular complexity index is 945. The Hall–Kier alpha value is -2.45. The smallest absolute Gasteiger partial charge is 0.251 e. The van der Waals surface area contributed by atoms with Gasteiger partial charge in [0.1, 0.15) is 11.9 Å². The molecular formula is C26H35N3O4. The van der Waals surface area contributed by atoms with Crippen molar-refractivity contribution in [3.8, 4) is 16.9 Å². The first-order chi connectivity index (χ1) is 16.0. The zero-order valence-electron chi connectivity index (χ0n) is 19.6. The Morgan fingerprint density at radius 1 is 1.21 bits per heavy atom. The molecule has 0 spiro atoms. The number of nitrogens with zero attached hydrogens (tertiary/aromatic N) is 2. The molecule has 2 aliphatic rings. The molecule has 7 nitrogen and oxygen atoms in total. The molecular weight excluding hydrogens is 418 g/mol. The third-order valence-electron chi connectivity index (χ3n) is 6.09. The van der Waals surface area contributed by atoms with Gasteiger partial charge < -0.3 is 20.1 Å². The second-order valence-corrected chi connectivity index (χ2v) is 9.25. The molecule has 7 heteroatoms. The van der Waals surface area contributed by atoms with Crippen LogP contribution >= 0.6 is 0 Å². The average molecular weight is 454 g/mol. The van der Waals surface area contributed by atoms with Gasteiger partial charge in [0, 0.05) is 36.3 Å². The molecule has 2 N–H and O–H groups in total. The van der Waals surface area contributed by atoms with Gasteiger partial charge in [-0.3, -0.25) is 9.63 Å². The molecule has 178 valence electrons. The number of nitrogens with one attached hydrogen (secondary N) is 1. The fourth-order valence-corrected chi connectivity index (χ4v) is 3.95. The minimum atomic E-state index is -0.133. The first kappa shape index (κ1) is 23.7. The van der Waals surface area contributed by atoms with E-state index in [2.05, 4.69) is 17.4 Å². The molecule has 4 rings (SSSR count). The molecule has 1 heterocycles. The Labute approximate surface area is 196 Å². The first-order valence-corrected chi connectivity index (χ1v) is 11.8. The second kappa shape index (κ2) is 11.1. The van der Waals surface area contributed by atoms with Gasteiger partial charge in [0.25, 0.3) is 5.91 Å². The highest BCUT2D eigenvalue weighted by atomic mass is 16.7. The zero-order chi connectivity index (χ0) is 23.2. The summed E-state index contributed by atoms with van der Waals surface area (Å²) in [4.78, 5) is 20.5. The molecule has 1 aliphatic carbocycles. The van der Waals surface area contributed by atoms with Crippen LogP contribution in [0, 0.1) is 5.92 Å². The Morgan fingerprint density at radius 2 is 2.03 bits per heavy atom. The van der Waals surface area contributed by atoms with E-state index in [9.17, 15) is 9.90 Å². The number of carbonyl (C=O) groups excluding carboxylic acids is 1. The van der Waals surface area contributed by atoms with E-state index in [1.165, 1.54) is 12.8 Å². The van der Waals surface area contributed by atoms with Crippen LogP contribution in [-0.4, -0.2) is 74.0 Å². The zero-order valence-corrected chi connectivity index (χ0v) is 19.6. The summed E-state index contributed by atoms with van der Waals surface area (Å²) in [5.41, 5.74) is 3.62. The van der Waals surface area contributed by atoms with E-state index >= 15 is 0 Å². The largest absolute Gasteiger partial charge is 0.492 e. The normalized spacial score (nSPS) is 18.6. The van der Waals surface area contributed by atoms with Crippen LogP contribution in [0.2, 0.25) is 0 Å². The topological polar surface area (TPSA) is 74.3 Å². The lowest BCUT2D eigenvalue weighted by Gasteiger charge is -2.21. The predicted octanol–water partition coefficient (Wildman–Crippen LogP) is 2.93. The van der Waals surface area contributed by atoms with E-state index in [0.717, 1.165) is 42.0 Å². The summed E-state index contributed by atoms with van der Waals surface area (Å²) in [6, 6.07) is 13.9. The van der Waals surface area contributed by atoms with Gasteiger partial charge >= 0.3 is 0 Å². The number of likely N-dealkylation sites (N-methyl/N-ethyl adjacent to an activating group) is 1. The molecule has 2 fully saturated rings. The molecule has 1 unspecified atom stereocenters. The number of hydroxylamine groups is 2. The Balaban J connectivity index is 1.56. The van der Waals surface area contributed by atoms with Gasteiger partial charge in [-0.1, -0.05) is 30.3 Å². The highest BCUT2D eigenvalue weighted by molar-refractivity contribution is 5.95. The van der Waals surface area contributed by atoms with Crippen LogP contribution in [0.3, 0.4) is 0 Å². The predicted molar refractivity (Wildman–Crippen MR) is 128 cm³/mol. The van der Waals surface area contributed by atoms with Gasteiger partial charge in [0.2, 0.25) is 0 Å². The first-order valence-electron chi connectivity index (χ1n) is 11.8. The number of rotatable bonds is 11. The van der Waals surface area contributed by atoms with Crippen molar-refractivity contribution in [1.29, 1.82) is 0 Å². The summed E-state index contributed by atoms with van der Waals surface area (Å²) in [6.07, 6.45) is 3.12. The van der Waals surface area contributed by atoms with Gasteiger partial charge in [0.05, 0.1) is 19.8 Å². The van der Waals surface area contributed by atoms with Gasteiger partial charge in [-0.25, -0.2) is 0 Å². The fourth-order valence-electron chi connectivity index (χ4n) is 3.95. The number of aliphatic hydroxyl groups excluding tert-OH is 1. The van der Waals surface area contributed by atoms with E-state index in [4.69, 9.17) is 9.57 Å². The van der Waals surface area contributed by atoms with Crippen molar-refractivity contribution >= 4 is 5.91 Å². The Morgan fingerprint density at radius 3 is 2.76 bits per heavy atom. The average Bonchev–Trinajstić information content (AvgIpc) is 3.54. The number of aliphatic hydroxyl groups is 1. The maximum absolute atomic E-state index is 12.7. The lowest BCUT2D eigenvalue weighted by molar-refractivity contribution is -0.161. The van der Waals surface area contributed by atoms with Crippen LogP contribution in [0.4, 0.5) is 0 Å². The van der Waals surface area contributed by atoms with Crippen molar-refractivity contribution in [2.75, 3.05) is 46.9 Å². The van der Waals surface area contributed by atoms with Crippen molar-refractivity contribution in [1.82, 2.24) is 15.3 Å². The molecule has 33 heavy (non-hydrogen) atoms. The summed E-state index contributed by atoms with van der Waals surface area (Å²) in [7, 11) is 3.97. The van der Waals surface area contributed by atoms with Crippen LogP contribution in [-0.2, 0) is 11.4 Å². The van der Waals surface area contributed by atoms with Crippen LogP contribution < -0.4 is 10.1 Å². The van der Waals surface area contributed by atoms with E-state index in [1.54, 1.807) is 0 Å². The molecule has 0 bridgehead atoms. The second-order valence-electron chi connectivity index (χ2n) is 9.25. The van der Waals surface area contributed by atoms with Crippen molar-refractivity contribution in [2.45, 2.75) is 31.9 Å². The van der Waals surface area contributed by atoms with Gasteiger partial charge in [-0.05, 0) is 57.0 Å². The van der Waals surface area contributed by atoms with Crippen molar-refractivity contribution in [3.05, 3.63) is 53.6 Å². The van der Waals surface area contributed by atoms with E-state index in [-0.39, 0.29) is 18.6 Å². The standard InChI is InChI=1S/C26H35N3O4/c1-28(2)14-12-27-26(31)21-6-3-5-20(15-21)24-8-4-7-22(25(24)32-18-19-9-10-19)16-29-13-11-23(17-30)33-29/h3-8,15,19,23,30H,9-14,16-18H2,1-2H3,(H,27,31). The molecule has 1 saturated carbocycles. The molecule has 0 aromatic heterocycles. The summed E-state index contributed by atoms with van der Waals surface area (Å²) in [6.45, 7) is 3.50. The van der Waals surface area contributed by atoms with E-state index in [0.29, 0.717) is 31.2 Å². The quantitative estimate of drug-likeness (QED) is 0.545. The summed E-state index contributed by atoms with van der Waals surface area (Å²) < 4.78 is 6.36. The number of carbonyl (C=O) groups is 1. The molecule has 1 saturated heterocycles. The number of benzene rings is 2. The maximum atomic E-state index is 12.7. The number of hydrogen-bond donors (Lipinski definition) is 2. The minimum Gasteiger partial charge on any atom is -0.492 e. The molecule has 1 amide bonds. The van der Waals surface area contributed by atoms with Crippen LogP contribution in [0.15, 0.2) is 42.5 Å². The van der Waals surface area contributed by atoms with Gasteiger partial charge in [0.15, 0.2) is 0 Å². The summed E-state index contributed by atoms with van der Waals surface area (Å²) in [5, 5.41) is 14.3. The fraction of sp³-hybridized carbons (Fsp3) is 0.500. The number of para-hydroxylation sites is 1. The minimum absolute atomic E-state index is 0.0327. The molecule has 2 aromatic carbocycles. The van der Waals surface area contributed by atoms with E-state index < -0.39 is 0 Å². The van der Waals surface area contributed by atoms with Crippen LogP contribution in [0.1, 0.15) is 35.2 Å². The molecule has 0 radical (unpaired) electrons. The number of ether oxygens (including phenoxy) is 1. The lowest BCUT2D eigenvalue weighted by atomic mass is 9.99. The molecule has 1 atom stereocenters. The van der Waals surface area contributed by atoms with Gasteiger partial charge in [-0.15, -0.1) is 0 Å².